The maximum atomic E-state index is 14.2. The van der Waals surface area contributed by atoms with Gasteiger partial charge in [-0.15, -0.1) is 0 Å². The summed E-state index contributed by atoms with van der Waals surface area (Å²) in [5.74, 6) is -1.00. The monoisotopic (exact) mass is 349 g/mol. The van der Waals surface area contributed by atoms with Crippen LogP contribution in [0.3, 0.4) is 0 Å². The summed E-state index contributed by atoms with van der Waals surface area (Å²) in [4.78, 5) is 9.99. The lowest BCUT2D eigenvalue weighted by Gasteiger charge is -2.27. The highest BCUT2D eigenvalue weighted by Crippen LogP contribution is 2.62. The average molecular weight is 349 g/mol. The zero-order chi connectivity index (χ0) is 16.7. The van der Waals surface area contributed by atoms with Crippen LogP contribution in [-0.2, 0) is 23.1 Å². The van der Waals surface area contributed by atoms with Gasteiger partial charge in [0.05, 0.1) is 26.9 Å². The minimum absolute atomic E-state index is 0.282. The summed E-state index contributed by atoms with van der Waals surface area (Å²) in [6.07, 6.45) is 0. The Morgan fingerprint density at radius 1 is 1.38 bits per heavy atom. The molecule has 0 unspecified atom stereocenters. The molecule has 0 amide bonds. The minimum atomic E-state index is -4.85. The van der Waals surface area contributed by atoms with E-state index in [2.05, 4.69) is 26.0 Å². The highest BCUT2D eigenvalue weighted by atomic mass is 32.1. The molecule has 0 rings (SSSR count). The van der Waals surface area contributed by atoms with Crippen LogP contribution < -0.4 is 5.32 Å². The molecule has 0 aliphatic rings. The van der Waals surface area contributed by atoms with Crippen LogP contribution >= 0.6 is 19.8 Å². The largest absolute Gasteiger partial charge is 0.467 e. The Labute approximate surface area is 126 Å². The smallest absolute Gasteiger partial charge is 0.406 e. The number of aliphatic hydroxyl groups excluding tert-OH is 1. The van der Waals surface area contributed by atoms with E-state index in [1.165, 1.54) is 13.8 Å². The van der Waals surface area contributed by atoms with E-state index in [4.69, 9.17) is 5.11 Å². The molecule has 124 valence electrons. The first kappa shape index (κ1) is 20.3. The number of hydrogen-bond donors (Lipinski definition) is 2. The van der Waals surface area contributed by atoms with Crippen molar-refractivity contribution in [3.05, 3.63) is 0 Å². The van der Waals surface area contributed by atoms with Gasteiger partial charge in [-0.3, -0.25) is 4.57 Å². The third-order valence-corrected chi connectivity index (χ3v) is 4.82. The van der Waals surface area contributed by atoms with Gasteiger partial charge in [-0.1, -0.05) is 12.2 Å². The maximum Gasteiger partial charge on any atom is 0.406 e. The summed E-state index contributed by atoms with van der Waals surface area (Å²) < 4.78 is 53.8. The number of alkyl halides is 2. The number of methoxy groups -OCH3 is 1. The van der Waals surface area contributed by atoms with Crippen molar-refractivity contribution in [1.29, 1.82) is 0 Å². The van der Waals surface area contributed by atoms with E-state index in [-0.39, 0.29) is 13.2 Å². The van der Waals surface area contributed by atoms with Crippen LogP contribution in [0.25, 0.3) is 0 Å². The molecule has 0 bridgehead atoms. The van der Waals surface area contributed by atoms with Crippen molar-refractivity contribution >= 4 is 30.8 Å². The molecule has 0 radical (unpaired) electrons. The number of thiocarbonyl (C=S) groups is 1. The summed E-state index contributed by atoms with van der Waals surface area (Å²) in [7, 11) is -3.84. The summed E-state index contributed by atoms with van der Waals surface area (Å²) in [5, 5.41) is 10.9. The second-order valence-corrected chi connectivity index (χ2v) is 6.09. The number of hydrogen-bond acceptors (Lipinski definition) is 7. The van der Waals surface area contributed by atoms with Crippen molar-refractivity contribution in [2.75, 3.05) is 26.9 Å². The average Bonchev–Trinajstić information content (AvgIpc) is 2.43. The molecule has 0 fully saturated rings. The Hall–Kier alpha value is -0.670. The van der Waals surface area contributed by atoms with E-state index in [0.29, 0.717) is 0 Å². The highest BCUT2D eigenvalue weighted by Gasteiger charge is 2.57. The molecule has 0 spiro atoms. The standard InChI is InChI=1S/C10H18F2NO6PS/c1-4-18-20(16,19-5-2)10(11,12)9(21)13-7(6-14)8(15)17-3/h7,14H,4-6H2,1-3H3,(H,13,21)/t7-/m0/s1. The van der Waals surface area contributed by atoms with Gasteiger partial charge in [0.15, 0.2) is 4.99 Å². The van der Waals surface area contributed by atoms with Crippen LogP contribution in [-0.4, -0.2) is 54.7 Å². The Bertz CT molecular complexity index is 412. The summed E-state index contributed by atoms with van der Waals surface area (Å²) in [6, 6.07) is -1.51. The van der Waals surface area contributed by atoms with Crippen molar-refractivity contribution < 1.29 is 37.0 Å². The number of ether oxygens (including phenoxy) is 1. The number of nitrogens with one attached hydrogen (secondary N) is 1. The lowest BCUT2D eigenvalue weighted by Crippen LogP contribution is -2.49. The first-order chi connectivity index (χ1) is 9.70. The molecule has 0 aromatic heterocycles. The van der Waals surface area contributed by atoms with E-state index in [1.807, 2.05) is 5.32 Å². The molecule has 0 aliphatic carbocycles. The number of carbonyl (C=O) groups excluding carboxylic acids is 1. The van der Waals surface area contributed by atoms with E-state index in [0.717, 1.165) is 7.11 Å². The molecule has 0 aromatic carbocycles. The number of esters is 1. The number of carbonyl (C=O) groups is 1. The highest BCUT2D eigenvalue weighted by molar-refractivity contribution is 7.81. The van der Waals surface area contributed by atoms with Crippen molar-refractivity contribution in [1.82, 2.24) is 5.32 Å². The van der Waals surface area contributed by atoms with Crippen LogP contribution in [0, 0.1) is 0 Å². The summed E-state index contributed by atoms with van der Waals surface area (Å²) in [5.41, 5.74) is -4.16. The number of rotatable bonds is 9. The van der Waals surface area contributed by atoms with Gasteiger partial charge in [-0.05, 0) is 13.8 Å². The Balaban J connectivity index is 5.23. The van der Waals surface area contributed by atoms with Crippen LogP contribution in [0.1, 0.15) is 13.8 Å². The first-order valence-electron chi connectivity index (χ1n) is 5.96. The van der Waals surface area contributed by atoms with E-state index in [9.17, 15) is 18.1 Å². The molecule has 0 saturated heterocycles. The van der Waals surface area contributed by atoms with Crippen molar-refractivity contribution in [3.63, 3.8) is 0 Å². The molecule has 0 saturated carbocycles. The SMILES string of the molecule is CCOP(=O)(OCC)C(F)(F)C(=S)N[C@@H](CO)C(=O)OC. The van der Waals surface area contributed by atoms with Crippen molar-refractivity contribution in [2.45, 2.75) is 25.6 Å². The van der Waals surface area contributed by atoms with Gasteiger partial charge in [-0.2, -0.15) is 8.78 Å². The normalized spacial score (nSPS) is 13.6. The maximum absolute atomic E-state index is 14.2. The molecule has 7 nitrogen and oxygen atoms in total. The third-order valence-electron chi connectivity index (χ3n) is 2.19. The Kier molecular flexibility index (Phi) is 8.42. The number of halogens is 2. The van der Waals surface area contributed by atoms with Gasteiger partial charge in [0.1, 0.15) is 6.04 Å². The predicted octanol–water partition coefficient (Wildman–Crippen LogP) is 1.30. The molecule has 0 aromatic rings. The van der Waals surface area contributed by atoms with E-state index in [1.54, 1.807) is 0 Å². The minimum Gasteiger partial charge on any atom is -0.467 e. The fourth-order valence-electron chi connectivity index (χ4n) is 1.23. The molecule has 11 heteroatoms. The quantitative estimate of drug-likeness (QED) is 0.365. The lowest BCUT2D eigenvalue weighted by molar-refractivity contribution is -0.143. The predicted molar refractivity (Wildman–Crippen MR) is 74.4 cm³/mol. The third kappa shape index (κ3) is 4.93. The Morgan fingerprint density at radius 2 is 1.86 bits per heavy atom. The molecule has 0 heterocycles. The molecule has 21 heavy (non-hydrogen) atoms. The molecular formula is C10H18F2NO6PS. The Morgan fingerprint density at radius 3 is 2.19 bits per heavy atom. The fraction of sp³-hybridized carbons (Fsp3) is 0.800. The molecular weight excluding hydrogens is 331 g/mol. The van der Waals surface area contributed by atoms with Gasteiger partial charge < -0.3 is 24.2 Å². The van der Waals surface area contributed by atoms with Crippen LogP contribution in [0.4, 0.5) is 8.78 Å². The van der Waals surface area contributed by atoms with Gasteiger partial charge in [0.2, 0.25) is 0 Å². The molecule has 0 aliphatic heterocycles. The van der Waals surface area contributed by atoms with Crippen LogP contribution in [0.2, 0.25) is 0 Å². The first-order valence-corrected chi connectivity index (χ1v) is 7.91. The zero-order valence-electron chi connectivity index (χ0n) is 11.8. The summed E-state index contributed by atoms with van der Waals surface area (Å²) in [6.45, 7) is 1.33. The number of aliphatic hydroxyl groups is 1. The van der Waals surface area contributed by atoms with E-state index >= 15 is 0 Å². The topological polar surface area (TPSA) is 94.1 Å². The second-order valence-electron chi connectivity index (χ2n) is 3.61. The molecule has 1 atom stereocenters. The molecule has 2 N–H and O–H groups in total. The van der Waals surface area contributed by atoms with Gasteiger partial charge in [0.25, 0.3) is 0 Å². The summed E-state index contributed by atoms with van der Waals surface area (Å²) >= 11 is 4.46. The van der Waals surface area contributed by atoms with Gasteiger partial charge >= 0.3 is 19.2 Å². The van der Waals surface area contributed by atoms with Crippen LogP contribution in [0.5, 0.6) is 0 Å². The van der Waals surface area contributed by atoms with Gasteiger partial charge in [0, 0.05) is 0 Å². The fourth-order valence-corrected chi connectivity index (χ4v) is 3.10. The second kappa shape index (κ2) is 8.70. The van der Waals surface area contributed by atoms with Crippen molar-refractivity contribution in [3.8, 4) is 0 Å². The van der Waals surface area contributed by atoms with Crippen LogP contribution in [0.15, 0.2) is 0 Å². The van der Waals surface area contributed by atoms with E-state index < -0.39 is 36.9 Å². The van der Waals surface area contributed by atoms with Crippen molar-refractivity contribution in [2.24, 2.45) is 0 Å². The lowest BCUT2D eigenvalue weighted by atomic mass is 10.3. The zero-order valence-corrected chi connectivity index (χ0v) is 13.5. The van der Waals surface area contributed by atoms with Gasteiger partial charge in [-0.25, -0.2) is 4.79 Å².